The highest BCUT2D eigenvalue weighted by Gasteiger charge is 2.31. The Balaban J connectivity index is 1.67. The van der Waals surface area contributed by atoms with Gasteiger partial charge in [0.05, 0.1) is 11.1 Å². The number of alkyl halides is 3. The van der Waals surface area contributed by atoms with Crippen LogP contribution in [0.15, 0.2) is 76.3 Å². The van der Waals surface area contributed by atoms with Crippen molar-refractivity contribution in [3.05, 3.63) is 78.1 Å². The van der Waals surface area contributed by atoms with E-state index in [1.807, 2.05) is 30.3 Å². The zero-order valence-corrected chi connectivity index (χ0v) is 14.7. The maximum Gasteiger partial charge on any atom is 0.416 e. The monoisotopic (exact) mass is 386 g/mol. The second-order valence-electron chi connectivity index (χ2n) is 5.85. The van der Waals surface area contributed by atoms with Crippen LogP contribution in [0, 0.1) is 0 Å². The number of hydrogen-bond donors (Lipinski definition) is 0. The summed E-state index contributed by atoms with van der Waals surface area (Å²) in [5.74, 6) is 1.01. The lowest BCUT2D eigenvalue weighted by molar-refractivity contribution is -0.137. The van der Waals surface area contributed by atoms with Crippen molar-refractivity contribution >= 4 is 22.9 Å². The van der Waals surface area contributed by atoms with Crippen molar-refractivity contribution < 1.29 is 17.6 Å². The zero-order valence-electron chi connectivity index (χ0n) is 13.9. The summed E-state index contributed by atoms with van der Waals surface area (Å²) in [6.07, 6.45) is -1.10. The Kier molecular flexibility index (Phi) is 4.61. The number of rotatable bonds is 4. The van der Waals surface area contributed by atoms with E-state index < -0.39 is 11.7 Å². The summed E-state index contributed by atoms with van der Waals surface area (Å²) in [5, 5.41) is 0. The molecule has 7 heteroatoms. The SMILES string of the molecule is FC(F)(F)c1ccc2oc(-c3ccncc3SCc3ccccc3)nc2c1. The van der Waals surface area contributed by atoms with Gasteiger partial charge in [-0.05, 0) is 29.8 Å². The molecule has 4 rings (SSSR count). The molecule has 0 bridgehead atoms. The summed E-state index contributed by atoms with van der Waals surface area (Å²) in [7, 11) is 0. The van der Waals surface area contributed by atoms with Crippen molar-refractivity contribution in [3.8, 4) is 11.5 Å². The minimum Gasteiger partial charge on any atom is -0.436 e. The minimum absolute atomic E-state index is 0.177. The first-order valence-electron chi connectivity index (χ1n) is 8.09. The Morgan fingerprint density at radius 3 is 2.59 bits per heavy atom. The highest BCUT2D eigenvalue weighted by Crippen LogP contribution is 2.36. The normalized spacial score (nSPS) is 11.8. The predicted octanol–water partition coefficient (Wildman–Crippen LogP) is 6.20. The molecule has 0 radical (unpaired) electrons. The van der Waals surface area contributed by atoms with E-state index in [0.29, 0.717) is 11.1 Å². The molecule has 0 aliphatic carbocycles. The maximum atomic E-state index is 12.9. The van der Waals surface area contributed by atoms with Crippen molar-refractivity contribution in [2.75, 3.05) is 0 Å². The Morgan fingerprint density at radius 1 is 1.00 bits per heavy atom. The van der Waals surface area contributed by atoms with E-state index in [-0.39, 0.29) is 11.4 Å². The van der Waals surface area contributed by atoms with Crippen LogP contribution in [0.2, 0.25) is 0 Å². The molecule has 2 aromatic heterocycles. The Hall–Kier alpha value is -2.80. The Morgan fingerprint density at radius 2 is 1.81 bits per heavy atom. The fourth-order valence-corrected chi connectivity index (χ4v) is 3.59. The van der Waals surface area contributed by atoms with E-state index in [1.54, 1.807) is 30.2 Å². The second kappa shape index (κ2) is 7.08. The van der Waals surface area contributed by atoms with E-state index in [1.165, 1.54) is 6.07 Å². The summed E-state index contributed by atoms with van der Waals surface area (Å²) >= 11 is 1.57. The molecule has 0 aliphatic heterocycles. The number of fused-ring (bicyclic) bond motifs is 1. The highest BCUT2D eigenvalue weighted by atomic mass is 32.2. The highest BCUT2D eigenvalue weighted by molar-refractivity contribution is 7.98. The predicted molar refractivity (Wildman–Crippen MR) is 98.2 cm³/mol. The molecule has 3 nitrogen and oxygen atoms in total. The standard InChI is InChI=1S/C20H13F3N2OS/c21-20(22,23)14-6-7-17-16(10-14)25-19(26-17)15-8-9-24-11-18(15)27-12-13-4-2-1-3-5-13/h1-11H,12H2. The van der Waals surface area contributed by atoms with Gasteiger partial charge < -0.3 is 4.42 Å². The third-order valence-electron chi connectivity index (χ3n) is 3.97. The fraction of sp³-hybridized carbons (Fsp3) is 0.100. The van der Waals surface area contributed by atoms with E-state index in [4.69, 9.17) is 4.42 Å². The summed E-state index contributed by atoms with van der Waals surface area (Å²) in [6.45, 7) is 0. The van der Waals surface area contributed by atoms with Crippen molar-refractivity contribution in [2.45, 2.75) is 16.8 Å². The molecule has 2 aromatic carbocycles. The molecule has 136 valence electrons. The minimum atomic E-state index is -4.42. The molecule has 0 unspecified atom stereocenters. The van der Waals surface area contributed by atoms with Crippen LogP contribution in [-0.4, -0.2) is 9.97 Å². The molecular formula is C20H13F3N2OS. The first-order valence-corrected chi connectivity index (χ1v) is 9.08. The van der Waals surface area contributed by atoms with Crippen LogP contribution in [0.4, 0.5) is 13.2 Å². The molecule has 0 saturated carbocycles. The summed E-state index contributed by atoms with van der Waals surface area (Å²) < 4.78 is 44.4. The van der Waals surface area contributed by atoms with Gasteiger partial charge in [0, 0.05) is 23.0 Å². The number of halogens is 3. The van der Waals surface area contributed by atoms with Gasteiger partial charge in [0.1, 0.15) is 5.52 Å². The van der Waals surface area contributed by atoms with Crippen LogP contribution in [0.25, 0.3) is 22.6 Å². The van der Waals surface area contributed by atoms with Gasteiger partial charge in [-0.25, -0.2) is 4.98 Å². The molecule has 0 spiro atoms. The third kappa shape index (κ3) is 3.83. The number of benzene rings is 2. The van der Waals surface area contributed by atoms with Gasteiger partial charge in [0.15, 0.2) is 5.58 Å². The summed E-state index contributed by atoms with van der Waals surface area (Å²) in [6, 6.07) is 15.0. The lowest BCUT2D eigenvalue weighted by Gasteiger charge is -2.05. The largest absolute Gasteiger partial charge is 0.436 e. The van der Waals surface area contributed by atoms with Crippen LogP contribution < -0.4 is 0 Å². The van der Waals surface area contributed by atoms with E-state index in [0.717, 1.165) is 28.3 Å². The molecule has 0 atom stereocenters. The smallest absolute Gasteiger partial charge is 0.416 e. The average molecular weight is 386 g/mol. The summed E-state index contributed by atoms with van der Waals surface area (Å²) in [5.41, 5.74) is 1.60. The average Bonchev–Trinajstić information content (AvgIpc) is 3.10. The third-order valence-corrected chi connectivity index (χ3v) is 5.08. The number of hydrogen-bond acceptors (Lipinski definition) is 4. The van der Waals surface area contributed by atoms with E-state index >= 15 is 0 Å². The van der Waals surface area contributed by atoms with Gasteiger partial charge in [-0.3, -0.25) is 4.98 Å². The molecule has 0 aliphatic rings. The molecule has 0 fully saturated rings. The van der Waals surface area contributed by atoms with E-state index in [9.17, 15) is 13.2 Å². The summed E-state index contributed by atoms with van der Waals surface area (Å²) in [4.78, 5) is 9.26. The van der Waals surface area contributed by atoms with Crippen LogP contribution in [0.3, 0.4) is 0 Å². The van der Waals surface area contributed by atoms with Crippen LogP contribution in [-0.2, 0) is 11.9 Å². The van der Waals surface area contributed by atoms with Crippen molar-refractivity contribution in [3.63, 3.8) is 0 Å². The number of pyridine rings is 1. The van der Waals surface area contributed by atoms with Gasteiger partial charge in [-0.1, -0.05) is 30.3 Å². The lowest BCUT2D eigenvalue weighted by Crippen LogP contribution is -2.03. The molecular weight excluding hydrogens is 373 g/mol. The molecule has 27 heavy (non-hydrogen) atoms. The second-order valence-corrected chi connectivity index (χ2v) is 6.86. The molecule has 0 N–H and O–H groups in total. The van der Waals surface area contributed by atoms with Crippen molar-refractivity contribution in [1.29, 1.82) is 0 Å². The van der Waals surface area contributed by atoms with Gasteiger partial charge in [0.2, 0.25) is 5.89 Å². The van der Waals surface area contributed by atoms with Gasteiger partial charge in [-0.15, -0.1) is 11.8 Å². The molecule has 4 aromatic rings. The number of thioether (sulfide) groups is 1. The van der Waals surface area contributed by atoms with Crippen molar-refractivity contribution in [1.82, 2.24) is 9.97 Å². The number of nitrogens with zero attached hydrogens (tertiary/aromatic N) is 2. The number of aromatic nitrogens is 2. The van der Waals surface area contributed by atoms with Crippen LogP contribution in [0.5, 0.6) is 0 Å². The fourth-order valence-electron chi connectivity index (χ4n) is 2.63. The van der Waals surface area contributed by atoms with E-state index in [2.05, 4.69) is 9.97 Å². The first-order chi connectivity index (χ1) is 13.0. The van der Waals surface area contributed by atoms with Crippen molar-refractivity contribution in [2.24, 2.45) is 0 Å². The van der Waals surface area contributed by atoms with Gasteiger partial charge in [-0.2, -0.15) is 13.2 Å². The maximum absolute atomic E-state index is 12.9. The number of oxazole rings is 1. The Labute approximate surface area is 157 Å². The molecule has 2 heterocycles. The molecule has 0 saturated heterocycles. The first kappa shape index (κ1) is 17.6. The van der Waals surface area contributed by atoms with Gasteiger partial charge in [0.25, 0.3) is 0 Å². The quantitative estimate of drug-likeness (QED) is 0.391. The van der Waals surface area contributed by atoms with Crippen LogP contribution >= 0.6 is 11.8 Å². The zero-order chi connectivity index (χ0) is 18.9. The topological polar surface area (TPSA) is 38.9 Å². The lowest BCUT2D eigenvalue weighted by atomic mass is 10.2. The van der Waals surface area contributed by atoms with Gasteiger partial charge >= 0.3 is 6.18 Å². The van der Waals surface area contributed by atoms with Crippen LogP contribution in [0.1, 0.15) is 11.1 Å². The molecule has 0 amide bonds. The Bertz CT molecular complexity index is 1080.